The molecule has 0 aliphatic carbocycles. The molecule has 0 fully saturated rings. The topological polar surface area (TPSA) is 47.1 Å². The smallest absolute Gasteiger partial charge is 0.153 e. The van der Waals surface area contributed by atoms with E-state index in [0.717, 1.165) is 28.4 Å². The van der Waals surface area contributed by atoms with Gasteiger partial charge in [0.25, 0.3) is 0 Å². The molecular weight excluding hydrogens is 300 g/mol. The summed E-state index contributed by atoms with van der Waals surface area (Å²) in [6.45, 7) is 4.56. The Morgan fingerprint density at radius 1 is 1.14 bits per heavy atom. The molecule has 0 aliphatic rings. The number of benzene rings is 2. The van der Waals surface area contributed by atoms with Crippen molar-refractivity contribution in [3.8, 4) is 11.5 Å². The zero-order valence-corrected chi connectivity index (χ0v) is 13.2. The quantitative estimate of drug-likeness (QED) is 0.738. The van der Waals surface area contributed by atoms with Crippen molar-refractivity contribution in [1.29, 1.82) is 0 Å². The largest absolute Gasteiger partial charge is 0.494 e. The second-order valence-corrected chi connectivity index (χ2v) is 5.38. The van der Waals surface area contributed by atoms with Crippen LogP contribution in [0.15, 0.2) is 42.5 Å². The van der Waals surface area contributed by atoms with Gasteiger partial charge in [-0.05, 0) is 56.3 Å². The molecule has 0 saturated carbocycles. The lowest BCUT2D eigenvalue weighted by Crippen LogP contribution is -2.05. The molecule has 0 spiro atoms. The second kappa shape index (κ2) is 6.28. The summed E-state index contributed by atoms with van der Waals surface area (Å²) in [7, 11) is 0. The SMILES string of the molecule is CCOc1ccc(O[C@H](C)c2nc3ccc(Cl)cc3[nH]2)cc1. The Labute approximate surface area is 134 Å². The van der Waals surface area contributed by atoms with Crippen LogP contribution in [0.3, 0.4) is 0 Å². The van der Waals surface area contributed by atoms with Gasteiger partial charge in [0.1, 0.15) is 17.3 Å². The Morgan fingerprint density at radius 2 is 1.86 bits per heavy atom. The highest BCUT2D eigenvalue weighted by molar-refractivity contribution is 6.31. The molecule has 5 heteroatoms. The third-order valence-electron chi connectivity index (χ3n) is 3.29. The molecule has 0 amide bonds. The summed E-state index contributed by atoms with van der Waals surface area (Å²) in [6.07, 6.45) is -0.191. The Morgan fingerprint density at radius 3 is 2.59 bits per heavy atom. The van der Waals surface area contributed by atoms with E-state index in [1.807, 2.05) is 56.3 Å². The third-order valence-corrected chi connectivity index (χ3v) is 3.53. The van der Waals surface area contributed by atoms with Gasteiger partial charge in [-0.25, -0.2) is 4.98 Å². The predicted molar refractivity (Wildman–Crippen MR) is 87.8 cm³/mol. The molecule has 0 saturated heterocycles. The van der Waals surface area contributed by atoms with E-state index in [1.54, 1.807) is 0 Å². The Kier molecular flexibility index (Phi) is 4.20. The van der Waals surface area contributed by atoms with E-state index in [4.69, 9.17) is 21.1 Å². The van der Waals surface area contributed by atoms with Crippen LogP contribution in [-0.4, -0.2) is 16.6 Å². The Hall–Kier alpha value is -2.20. The number of hydrogen-bond acceptors (Lipinski definition) is 3. The predicted octanol–water partition coefficient (Wildman–Crippen LogP) is 4.76. The van der Waals surface area contributed by atoms with Crippen molar-refractivity contribution >= 4 is 22.6 Å². The van der Waals surface area contributed by atoms with Crippen molar-refractivity contribution in [3.05, 3.63) is 53.3 Å². The molecule has 0 bridgehead atoms. The van der Waals surface area contributed by atoms with Crippen molar-refractivity contribution in [2.45, 2.75) is 20.0 Å². The van der Waals surface area contributed by atoms with Gasteiger partial charge in [-0.2, -0.15) is 0 Å². The molecule has 1 atom stereocenters. The zero-order chi connectivity index (χ0) is 15.5. The van der Waals surface area contributed by atoms with Gasteiger partial charge in [-0.3, -0.25) is 0 Å². The summed E-state index contributed by atoms with van der Waals surface area (Å²) in [5, 5.41) is 0.683. The molecule has 114 valence electrons. The number of nitrogens with zero attached hydrogens (tertiary/aromatic N) is 1. The first-order chi connectivity index (χ1) is 10.7. The number of imidazole rings is 1. The standard InChI is InChI=1S/C17H17ClN2O2/c1-3-21-13-5-7-14(8-6-13)22-11(2)17-19-15-9-4-12(18)10-16(15)20-17/h4-11H,3H2,1-2H3,(H,19,20)/t11-/m1/s1. The normalized spacial score (nSPS) is 12.3. The van der Waals surface area contributed by atoms with E-state index in [0.29, 0.717) is 11.6 Å². The number of aromatic nitrogens is 2. The zero-order valence-electron chi connectivity index (χ0n) is 12.5. The summed E-state index contributed by atoms with van der Waals surface area (Å²) in [4.78, 5) is 7.78. The highest BCUT2D eigenvalue weighted by Gasteiger charge is 2.12. The lowest BCUT2D eigenvalue weighted by Gasteiger charge is -2.12. The average Bonchev–Trinajstić information content (AvgIpc) is 2.92. The van der Waals surface area contributed by atoms with E-state index in [1.165, 1.54) is 0 Å². The van der Waals surface area contributed by atoms with Crippen LogP contribution in [-0.2, 0) is 0 Å². The molecule has 2 aromatic carbocycles. The maximum Gasteiger partial charge on any atom is 0.153 e. The number of nitrogens with one attached hydrogen (secondary N) is 1. The monoisotopic (exact) mass is 316 g/mol. The molecular formula is C17H17ClN2O2. The van der Waals surface area contributed by atoms with Crippen LogP contribution >= 0.6 is 11.6 Å². The Balaban J connectivity index is 1.76. The molecule has 1 heterocycles. The van der Waals surface area contributed by atoms with Crippen molar-refractivity contribution < 1.29 is 9.47 Å². The molecule has 1 N–H and O–H groups in total. The van der Waals surface area contributed by atoms with Crippen LogP contribution in [0.5, 0.6) is 11.5 Å². The molecule has 3 rings (SSSR count). The number of aromatic amines is 1. The number of H-pyrrole nitrogens is 1. The number of rotatable bonds is 5. The van der Waals surface area contributed by atoms with Gasteiger partial charge in [0, 0.05) is 5.02 Å². The van der Waals surface area contributed by atoms with Gasteiger partial charge < -0.3 is 14.5 Å². The Bertz CT molecular complexity index is 768. The fourth-order valence-electron chi connectivity index (χ4n) is 2.24. The molecule has 4 nitrogen and oxygen atoms in total. The minimum absolute atomic E-state index is 0.191. The van der Waals surface area contributed by atoms with Crippen LogP contribution in [0.4, 0.5) is 0 Å². The van der Waals surface area contributed by atoms with Gasteiger partial charge in [0.05, 0.1) is 17.6 Å². The highest BCUT2D eigenvalue weighted by atomic mass is 35.5. The van der Waals surface area contributed by atoms with Gasteiger partial charge in [0.2, 0.25) is 0 Å². The van der Waals surface area contributed by atoms with Gasteiger partial charge in [-0.15, -0.1) is 0 Å². The van der Waals surface area contributed by atoms with Gasteiger partial charge in [-0.1, -0.05) is 11.6 Å². The van der Waals surface area contributed by atoms with Crippen LogP contribution in [0.1, 0.15) is 25.8 Å². The van der Waals surface area contributed by atoms with Crippen molar-refractivity contribution in [2.24, 2.45) is 0 Å². The summed E-state index contributed by atoms with van der Waals surface area (Å²) < 4.78 is 11.3. The highest BCUT2D eigenvalue weighted by Crippen LogP contribution is 2.25. The molecule has 1 aromatic heterocycles. The fraction of sp³-hybridized carbons (Fsp3) is 0.235. The first-order valence-corrected chi connectivity index (χ1v) is 7.58. The first kappa shape index (κ1) is 14.7. The molecule has 22 heavy (non-hydrogen) atoms. The van der Waals surface area contributed by atoms with E-state index in [9.17, 15) is 0 Å². The maximum atomic E-state index is 5.99. The van der Waals surface area contributed by atoms with Crippen LogP contribution < -0.4 is 9.47 Å². The minimum atomic E-state index is -0.191. The number of halogens is 1. The lowest BCUT2D eigenvalue weighted by molar-refractivity contribution is 0.217. The second-order valence-electron chi connectivity index (χ2n) is 4.95. The van der Waals surface area contributed by atoms with E-state index >= 15 is 0 Å². The van der Waals surface area contributed by atoms with Crippen LogP contribution in [0.2, 0.25) is 5.02 Å². The van der Waals surface area contributed by atoms with Gasteiger partial charge >= 0.3 is 0 Å². The minimum Gasteiger partial charge on any atom is -0.494 e. The van der Waals surface area contributed by atoms with Crippen LogP contribution in [0, 0.1) is 0 Å². The molecule has 0 unspecified atom stereocenters. The van der Waals surface area contributed by atoms with E-state index in [2.05, 4.69) is 9.97 Å². The van der Waals surface area contributed by atoms with E-state index < -0.39 is 0 Å². The molecule has 3 aromatic rings. The van der Waals surface area contributed by atoms with Gasteiger partial charge in [0.15, 0.2) is 6.10 Å². The van der Waals surface area contributed by atoms with Crippen LogP contribution in [0.25, 0.3) is 11.0 Å². The van der Waals surface area contributed by atoms with Crippen molar-refractivity contribution in [3.63, 3.8) is 0 Å². The summed E-state index contributed by atoms with van der Waals surface area (Å²) in [6, 6.07) is 13.1. The van der Waals surface area contributed by atoms with Crippen molar-refractivity contribution in [2.75, 3.05) is 6.61 Å². The lowest BCUT2D eigenvalue weighted by atomic mass is 10.3. The summed E-state index contributed by atoms with van der Waals surface area (Å²) >= 11 is 5.99. The van der Waals surface area contributed by atoms with Crippen molar-refractivity contribution in [1.82, 2.24) is 9.97 Å². The molecule has 0 radical (unpaired) electrons. The average molecular weight is 317 g/mol. The number of fused-ring (bicyclic) bond motifs is 1. The number of hydrogen-bond donors (Lipinski definition) is 1. The molecule has 0 aliphatic heterocycles. The van der Waals surface area contributed by atoms with E-state index in [-0.39, 0.29) is 6.10 Å². The fourth-order valence-corrected chi connectivity index (χ4v) is 2.41. The third kappa shape index (κ3) is 3.17. The maximum absolute atomic E-state index is 5.99. The number of ether oxygens (including phenoxy) is 2. The first-order valence-electron chi connectivity index (χ1n) is 7.20. The summed E-state index contributed by atoms with van der Waals surface area (Å²) in [5.74, 6) is 2.38. The summed E-state index contributed by atoms with van der Waals surface area (Å²) in [5.41, 5.74) is 1.78.